The highest BCUT2D eigenvalue weighted by Crippen LogP contribution is 2.28. The monoisotopic (exact) mass is 322 g/mol. The van der Waals surface area contributed by atoms with Crippen molar-refractivity contribution in [3.8, 4) is 11.8 Å². The number of hydrogen-bond donors (Lipinski definition) is 1. The van der Waals surface area contributed by atoms with Gasteiger partial charge in [-0.25, -0.2) is 9.78 Å². The molecule has 0 unspecified atom stereocenters. The van der Waals surface area contributed by atoms with Crippen molar-refractivity contribution >= 4 is 21.9 Å². The number of aromatic carboxylic acids is 1. The SMILES string of the molecule is Cc1cc(Oc2nccc(C(=O)O)n2)cc(C)c1Br. The van der Waals surface area contributed by atoms with Crippen molar-refractivity contribution in [3.63, 3.8) is 0 Å². The lowest BCUT2D eigenvalue weighted by atomic mass is 10.1. The molecule has 0 radical (unpaired) electrons. The third kappa shape index (κ3) is 3.08. The van der Waals surface area contributed by atoms with Crippen LogP contribution in [-0.4, -0.2) is 21.0 Å². The van der Waals surface area contributed by atoms with Gasteiger partial charge in [0.05, 0.1) is 0 Å². The van der Waals surface area contributed by atoms with Crippen LogP contribution >= 0.6 is 15.9 Å². The Morgan fingerprint density at radius 2 is 1.95 bits per heavy atom. The maximum atomic E-state index is 10.8. The molecular formula is C13H11BrN2O3. The summed E-state index contributed by atoms with van der Waals surface area (Å²) in [5.74, 6) is -0.545. The van der Waals surface area contributed by atoms with Gasteiger partial charge in [-0.1, -0.05) is 15.9 Å². The summed E-state index contributed by atoms with van der Waals surface area (Å²) in [6.07, 6.45) is 1.35. The van der Waals surface area contributed by atoms with Gasteiger partial charge in [0, 0.05) is 10.7 Å². The molecular weight excluding hydrogens is 312 g/mol. The predicted molar refractivity (Wildman–Crippen MR) is 72.7 cm³/mol. The van der Waals surface area contributed by atoms with E-state index in [0.717, 1.165) is 15.6 Å². The summed E-state index contributed by atoms with van der Waals surface area (Å²) in [4.78, 5) is 18.5. The minimum absolute atomic E-state index is 0.0148. The van der Waals surface area contributed by atoms with E-state index in [1.54, 1.807) is 0 Å². The smallest absolute Gasteiger partial charge is 0.354 e. The Labute approximate surface area is 118 Å². The van der Waals surface area contributed by atoms with Gasteiger partial charge in [0.2, 0.25) is 0 Å². The summed E-state index contributed by atoms with van der Waals surface area (Å²) in [6, 6.07) is 4.98. The van der Waals surface area contributed by atoms with Crippen LogP contribution in [0, 0.1) is 13.8 Å². The zero-order valence-corrected chi connectivity index (χ0v) is 11.9. The molecule has 19 heavy (non-hydrogen) atoms. The Balaban J connectivity index is 2.31. The number of carboxylic acids is 1. The predicted octanol–water partition coefficient (Wildman–Crippen LogP) is 3.35. The molecule has 1 aromatic carbocycles. The normalized spacial score (nSPS) is 10.3. The molecule has 98 valence electrons. The van der Waals surface area contributed by atoms with E-state index in [2.05, 4.69) is 25.9 Å². The molecule has 0 aliphatic heterocycles. The van der Waals surface area contributed by atoms with Crippen molar-refractivity contribution < 1.29 is 14.6 Å². The lowest BCUT2D eigenvalue weighted by Gasteiger charge is -2.08. The van der Waals surface area contributed by atoms with Crippen LogP contribution < -0.4 is 4.74 Å². The number of carboxylic acid groups (broad SMARTS) is 1. The van der Waals surface area contributed by atoms with Gasteiger partial charge < -0.3 is 9.84 Å². The van der Waals surface area contributed by atoms with Gasteiger partial charge in [0.25, 0.3) is 0 Å². The second-order valence-corrected chi connectivity index (χ2v) is 4.80. The van der Waals surface area contributed by atoms with Crippen molar-refractivity contribution in [2.75, 3.05) is 0 Å². The van der Waals surface area contributed by atoms with E-state index >= 15 is 0 Å². The highest BCUT2D eigenvalue weighted by atomic mass is 79.9. The zero-order valence-electron chi connectivity index (χ0n) is 10.3. The Morgan fingerprint density at radius 1 is 1.32 bits per heavy atom. The quantitative estimate of drug-likeness (QED) is 0.938. The van der Waals surface area contributed by atoms with Crippen molar-refractivity contribution in [2.45, 2.75) is 13.8 Å². The third-order valence-electron chi connectivity index (χ3n) is 2.47. The van der Waals surface area contributed by atoms with Crippen LogP contribution in [0.1, 0.15) is 21.6 Å². The average Bonchev–Trinajstić information content (AvgIpc) is 2.36. The van der Waals surface area contributed by atoms with E-state index in [1.165, 1.54) is 12.3 Å². The number of carbonyl (C=O) groups is 1. The molecule has 2 rings (SSSR count). The Hall–Kier alpha value is -1.95. The van der Waals surface area contributed by atoms with Crippen LogP contribution in [-0.2, 0) is 0 Å². The highest BCUT2D eigenvalue weighted by molar-refractivity contribution is 9.10. The maximum absolute atomic E-state index is 10.8. The van der Waals surface area contributed by atoms with Gasteiger partial charge in [0.15, 0.2) is 5.69 Å². The van der Waals surface area contributed by atoms with Gasteiger partial charge in [0.1, 0.15) is 5.75 Å². The fourth-order valence-corrected chi connectivity index (χ4v) is 1.81. The van der Waals surface area contributed by atoms with E-state index < -0.39 is 5.97 Å². The van der Waals surface area contributed by atoms with E-state index in [4.69, 9.17) is 9.84 Å². The molecule has 1 aromatic heterocycles. The lowest BCUT2D eigenvalue weighted by Crippen LogP contribution is -2.02. The molecule has 0 amide bonds. The lowest BCUT2D eigenvalue weighted by molar-refractivity contribution is 0.0689. The van der Waals surface area contributed by atoms with Gasteiger partial charge >= 0.3 is 12.0 Å². The number of hydrogen-bond acceptors (Lipinski definition) is 4. The fraction of sp³-hybridized carbons (Fsp3) is 0.154. The molecule has 0 saturated heterocycles. The fourth-order valence-electron chi connectivity index (χ4n) is 1.58. The van der Waals surface area contributed by atoms with Crippen LogP contribution in [0.3, 0.4) is 0 Å². The standard InChI is InChI=1S/C13H11BrN2O3/c1-7-5-9(6-8(2)11(7)14)19-13-15-4-3-10(16-13)12(17)18/h3-6H,1-2H3,(H,17,18). The largest absolute Gasteiger partial charge is 0.477 e. The highest BCUT2D eigenvalue weighted by Gasteiger charge is 2.09. The molecule has 1 heterocycles. The minimum Gasteiger partial charge on any atom is -0.477 e. The molecule has 6 heteroatoms. The Morgan fingerprint density at radius 3 is 2.53 bits per heavy atom. The first-order chi connectivity index (χ1) is 8.97. The maximum Gasteiger partial charge on any atom is 0.354 e. The summed E-state index contributed by atoms with van der Waals surface area (Å²) >= 11 is 3.46. The van der Waals surface area contributed by atoms with Crippen LogP contribution in [0.25, 0.3) is 0 Å². The minimum atomic E-state index is -1.12. The third-order valence-corrected chi connectivity index (χ3v) is 3.72. The molecule has 0 aliphatic carbocycles. The van der Waals surface area contributed by atoms with Crippen molar-refractivity contribution in [2.24, 2.45) is 0 Å². The summed E-state index contributed by atoms with van der Waals surface area (Å²) in [5.41, 5.74) is 1.93. The molecule has 0 saturated carbocycles. The first-order valence-corrected chi connectivity index (χ1v) is 6.27. The summed E-state index contributed by atoms with van der Waals surface area (Å²) in [5, 5.41) is 8.85. The molecule has 0 bridgehead atoms. The second-order valence-electron chi connectivity index (χ2n) is 4.00. The molecule has 1 N–H and O–H groups in total. The van der Waals surface area contributed by atoms with Crippen molar-refractivity contribution in [3.05, 3.63) is 45.7 Å². The van der Waals surface area contributed by atoms with Crippen LogP contribution in [0.4, 0.5) is 0 Å². The number of ether oxygens (including phenoxy) is 1. The van der Waals surface area contributed by atoms with Gasteiger partial charge in [-0.15, -0.1) is 0 Å². The molecule has 0 aliphatic rings. The number of aryl methyl sites for hydroxylation is 2. The summed E-state index contributed by atoms with van der Waals surface area (Å²) in [7, 11) is 0. The Kier molecular flexibility index (Phi) is 3.80. The second kappa shape index (κ2) is 5.36. The molecule has 0 fully saturated rings. The van der Waals surface area contributed by atoms with Gasteiger partial charge in [-0.3, -0.25) is 0 Å². The first-order valence-electron chi connectivity index (χ1n) is 5.48. The number of rotatable bonds is 3. The van der Waals surface area contributed by atoms with Gasteiger partial charge in [-0.2, -0.15) is 4.98 Å². The number of benzene rings is 1. The zero-order chi connectivity index (χ0) is 14.0. The molecule has 5 nitrogen and oxygen atoms in total. The van der Waals surface area contributed by atoms with Crippen LogP contribution in [0.15, 0.2) is 28.9 Å². The molecule has 0 atom stereocenters. The average molecular weight is 323 g/mol. The van der Waals surface area contributed by atoms with Gasteiger partial charge in [-0.05, 0) is 43.2 Å². The molecule has 0 spiro atoms. The summed E-state index contributed by atoms with van der Waals surface area (Å²) in [6.45, 7) is 3.89. The summed E-state index contributed by atoms with van der Waals surface area (Å²) < 4.78 is 6.49. The van der Waals surface area contributed by atoms with E-state index in [0.29, 0.717) is 5.75 Å². The van der Waals surface area contributed by atoms with E-state index in [9.17, 15) is 4.79 Å². The van der Waals surface area contributed by atoms with E-state index in [-0.39, 0.29) is 11.7 Å². The Bertz CT molecular complexity index is 621. The molecule has 2 aromatic rings. The van der Waals surface area contributed by atoms with Crippen molar-refractivity contribution in [1.82, 2.24) is 9.97 Å². The number of nitrogens with zero attached hydrogens (tertiary/aromatic N) is 2. The van der Waals surface area contributed by atoms with E-state index in [1.807, 2.05) is 26.0 Å². The number of aromatic nitrogens is 2. The number of halogens is 1. The van der Waals surface area contributed by atoms with Crippen LogP contribution in [0.5, 0.6) is 11.8 Å². The van der Waals surface area contributed by atoms with Crippen molar-refractivity contribution in [1.29, 1.82) is 0 Å². The first kappa shape index (κ1) is 13.5. The van der Waals surface area contributed by atoms with Crippen LogP contribution in [0.2, 0.25) is 0 Å². The topological polar surface area (TPSA) is 72.3 Å².